The Morgan fingerprint density at radius 3 is 2.31 bits per heavy atom. The van der Waals surface area contributed by atoms with E-state index in [1.807, 2.05) is 77.4 Å². The van der Waals surface area contributed by atoms with Gasteiger partial charge in [-0.25, -0.2) is 0 Å². The normalized spacial score (nSPS) is 10.9. The topological polar surface area (TPSA) is 39.9 Å². The van der Waals surface area contributed by atoms with E-state index < -0.39 is 0 Å². The van der Waals surface area contributed by atoms with Crippen molar-refractivity contribution in [3.8, 4) is 22.8 Å². The lowest BCUT2D eigenvalue weighted by Crippen LogP contribution is -2.01. The van der Waals surface area contributed by atoms with E-state index in [4.69, 9.17) is 27.9 Å². The van der Waals surface area contributed by atoms with Gasteiger partial charge in [0.15, 0.2) is 11.0 Å². The van der Waals surface area contributed by atoms with Gasteiger partial charge in [-0.05, 0) is 30.3 Å². The Bertz CT molecular complexity index is 1150. The summed E-state index contributed by atoms with van der Waals surface area (Å²) >= 11 is 14.5. The van der Waals surface area contributed by atoms with E-state index in [9.17, 15) is 0 Å². The molecule has 0 fully saturated rings. The molecule has 0 atom stereocenters. The highest BCUT2D eigenvalue weighted by Crippen LogP contribution is 2.35. The minimum Gasteiger partial charge on any atom is -0.496 e. The molecule has 0 amide bonds. The van der Waals surface area contributed by atoms with Gasteiger partial charge in [-0.15, -0.1) is 10.2 Å². The molecule has 146 valence electrons. The SMILES string of the molecule is COc1ccccc1CSc1nnc(-c2ccccc2Cl)n1-c1ccccc1Cl. The van der Waals surface area contributed by atoms with Gasteiger partial charge in [-0.1, -0.05) is 77.4 Å². The molecule has 3 aromatic carbocycles. The molecular weight excluding hydrogens is 425 g/mol. The maximum absolute atomic E-state index is 6.51. The smallest absolute Gasteiger partial charge is 0.196 e. The maximum atomic E-state index is 6.51. The molecule has 0 radical (unpaired) electrons. The second-order valence-corrected chi connectivity index (χ2v) is 7.93. The van der Waals surface area contributed by atoms with E-state index in [-0.39, 0.29) is 0 Å². The zero-order chi connectivity index (χ0) is 20.2. The lowest BCUT2D eigenvalue weighted by Gasteiger charge is -2.13. The van der Waals surface area contributed by atoms with Gasteiger partial charge in [-0.2, -0.15) is 0 Å². The number of hydrogen-bond donors (Lipinski definition) is 0. The molecule has 4 rings (SSSR count). The first-order valence-corrected chi connectivity index (χ1v) is 10.6. The van der Waals surface area contributed by atoms with Gasteiger partial charge in [0.2, 0.25) is 0 Å². The highest BCUT2D eigenvalue weighted by Gasteiger charge is 2.20. The minimum atomic E-state index is 0.606. The third kappa shape index (κ3) is 4.13. The number of rotatable bonds is 6. The zero-order valence-electron chi connectivity index (χ0n) is 15.5. The lowest BCUT2D eigenvalue weighted by atomic mass is 10.2. The van der Waals surface area contributed by atoms with Gasteiger partial charge >= 0.3 is 0 Å². The fraction of sp³-hybridized carbons (Fsp3) is 0.0909. The van der Waals surface area contributed by atoms with Crippen LogP contribution < -0.4 is 4.74 Å². The Morgan fingerprint density at radius 2 is 1.55 bits per heavy atom. The summed E-state index contributed by atoms with van der Waals surface area (Å²) in [4.78, 5) is 0. The Kier molecular flexibility index (Phi) is 6.09. The predicted octanol–water partition coefficient (Wildman–Crippen LogP) is 6.54. The molecular formula is C22H17Cl2N3OS. The number of ether oxygens (including phenoxy) is 1. The van der Waals surface area contributed by atoms with Crippen LogP contribution in [-0.2, 0) is 5.75 Å². The Morgan fingerprint density at radius 1 is 0.862 bits per heavy atom. The van der Waals surface area contributed by atoms with E-state index in [0.717, 1.165) is 27.7 Å². The molecule has 0 unspecified atom stereocenters. The third-order valence-corrected chi connectivity index (χ3v) is 6.02. The van der Waals surface area contributed by atoms with Crippen LogP contribution in [0.5, 0.6) is 5.75 Å². The maximum Gasteiger partial charge on any atom is 0.196 e. The van der Waals surface area contributed by atoms with Crippen LogP contribution in [-0.4, -0.2) is 21.9 Å². The molecule has 29 heavy (non-hydrogen) atoms. The quantitative estimate of drug-likeness (QED) is 0.318. The van der Waals surface area contributed by atoms with E-state index >= 15 is 0 Å². The Balaban J connectivity index is 1.79. The number of para-hydroxylation sites is 2. The van der Waals surface area contributed by atoms with Crippen LogP contribution in [0.1, 0.15) is 5.56 Å². The van der Waals surface area contributed by atoms with Crippen molar-refractivity contribution < 1.29 is 4.74 Å². The molecule has 0 bridgehead atoms. The molecule has 0 aliphatic carbocycles. The standard InChI is InChI=1S/C22H17Cl2N3OS/c1-28-20-13-7-2-8-15(20)14-29-22-26-25-21(16-9-3-4-10-17(16)23)27(22)19-12-6-5-11-18(19)24/h2-13H,14H2,1H3. The van der Waals surface area contributed by atoms with Crippen molar-refractivity contribution in [1.82, 2.24) is 14.8 Å². The Hall–Kier alpha value is -2.47. The van der Waals surface area contributed by atoms with Gasteiger partial charge in [-0.3, -0.25) is 4.57 Å². The number of methoxy groups -OCH3 is 1. The van der Waals surface area contributed by atoms with Crippen molar-refractivity contribution in [2.45, 2.75) is 10.9 Å². The largest absolute Gasteiger partial charge is 0.496 e. The summed E-state index contributed by atoms with van der Waals surface area (Å²) in [7, 11) is 1.67. The summed E-state index contributed by atoms with van der Waals surface area (Å²) < 4.78 is 7.41. The number of benzene rings is 3. The van der Waals surface area contributed by atoms with E-state index in [1.165, 1.54) is 0 Å². The first kappa shape index (κ1) is 19.8. The van der Waals surface area contributed by atoms with E-state index in [2.05, 4.69) is 10.2 Å². The highest BCUT2D eigenvalue weighted by atomic mass is 35.5. The second-order valence-electron chi connectivity index (χ2n) is 6.17. The first-order valence-electron chi connectivity index (χ1n) is 8.89. The van der Waals surface area contributed by atoms with Crippen LogP contribution in [0.15, 0.2) is 78.0 Å². The zero-order valence-corrected chi connectivity index (χ0v) is 17.9. The molecule has 4 nitrogen and oxygen atoms in total. The van der Waals surface area contributed by atoms with E-state index in [1.54, 1.807) is 18.9 Å². The van der Waals surface area contributed by atoms with Crippen LogP contribution in [0.2, 0.25) is 10.0 Å². The van der Waals surface area contributed by atoms with Gasteiger partial charge in [0, 0.05) is 16.9 Å². The van der Waals surface area contributed by atoms with Crippen molar-refractivity contribution in [3.05, 3.63) is 88.4 Å². The van der Waals surface area contributed by atoms with Crippen molar-refractivity contribution in [1.29, 1.82) is 0 Å². The summed E-state index contributed by atoms with van der Waals surface area (Å²) in [5.74, 6) is 2.16. The van der Waals surface area contributed by atoms with Gasteiger partial charge < -0.3 is 4.74 Å². The molecule has 0 aliphatic heterocycles. The van der Waals surface area contributed by atoms with Crippen LogP contribution >= 0.6 is 35.0 Å². The molecule has 0 spiro atoms. The fourth-order valence-electron chi connectivity index (χ4n) is 3.00. The molecule has 7 heteroatoms. The van der Waals surface area contributed by atoms with Crippen molar-refractivity contribution >= 4 is 35.0 Å². The van der Waals surface area contributed by atoms with Gasteiger partial charge in [0.1, 0.15) is 5.75 Å². The first-order chi connectivity index (χ1) is 14.2. The highest BCUT2D eigenvalue weighted by molar-refractivity contribution is 7.98. The number of hydrogen-bond acceptors (Lipinski definition) is 4. The Labute approximate surface area is 183 Å². The summed E-state index contributed by atoms with van der Waals surface area (Å²) in [6.45, 7) is 0. The summed E-state index contributed by atoms with van der Waals surface area (Å²) in [5.41, 5.74) is 2.68. The summed E-state index contributed by atoms with van der Waals surface area (Å²) in [6, 6.07) is 23.1. The number of thioether (sulfide) groups is 1. The van der Waals surface area contributed by atoms with Crippen molar-refractivity contribution in [2.24, 2.45) is 0 Å². The van der Waals surface area contributed by atoms with Crippen LogP contribution in [0, 0.1) is 0 Å². The molecule has 0 aliphatic rings. The molecule has 1 aromatic heterocycles. The fourth-order valence-corrected chi connectivity index (χ4v) is 4.37. The van der Waals surface area contributed by atoms with Crippen LogP contribution in [0.3, 0.4) is 0 Å². The summed E-state index contributed by atoms with van der Waals surface area (Å²) in [5, 5.41) is 10.8. The number of aromatic nitrogens is 3. The lowest BCUT2D eigenvalue weighted by molar-refractivity contribution is 0.411. The molecule has 0 saturated carbocycles. The average Bonchev–Trinajstić information content (AvgIpc) is 3.16. The molecule has 4 aromatic rings. The van der Waals surface area contributed by atoms with Gasteiger partial charge in [0.05, 0.1) is 22.8 Å². The average molecular weight is 442 g/mol. The van der Waals surface area contributed by atoms with Crippen LogP contribution in [0.25, 0.3) is 17.1 Å². The number of nitrogens with zero attached hydrogens (tertiary/aromatic N) is 3. The van der Waals surface area contributed by atoms with Crippen molar-refractivity contribution in [2.75, 3.05) is 7.11 Å². The third-order valence-electron chi connectivity index (χ3n) is 4.39. The molecule has 0 saturated heterocycles. The van der Waals surface area contributed by atoms with Gasteiger partial charge in [0.25, 0.3) is 0 Å². The van der Waals surface area contributed by atoms with Crippen LogP contribution in [0.4, 0.5) is 0 Å². The molecule has 0 N–H and O–H groups in total. The number of halogens is 2. The van der Waals surface area contributed by atoms with E-state index in [0.29, 0.717) is 21.6 Å². The van der Waals surface area contributed by atoms with Crippen molar-refractivity contribution in [3.63, 3.8) is 0 Å². The molecule has 1 heterocycles. The monoisotopic (exact) mass is 441 g/mol. The minimum absolute atomic E-state index is 0.606. The second kappa shape index (κ2) is 8.91. The summed E-state index contributed by atoms with van der Waals surface area (Å²) in [6.07, 6.45) is 0. The predicted molar refractivity (Wildman–Crippen MR) is 119 cm³/mol.